The molecular formula is C15H12N2O2. The Hall–Kier alpha value is -2.62. The lowest BCUT2D eigenvalue weighted by Crippen LogP contribution is -1.85. The third-order valence-corrected chi connectivity index (χ3v) is 2.91. The highest BCUT2D eigenvalue weighted by atomic mass is 16.5. The summed E-state index contributed by atoms with van der Waals surface area (Å²) in [6, 6.07) is 11.3. The molecule has 0 saturated carbocycles. The molecule has 0 radical (unpaired) electrons. The van der Waals surface area contributed by atoms with Crippen LogP contribution in [0.25, 0.3) is 22.7 Å². The van der Waals surface area contributed by atoms with Crippen LogP contribution in [-0.2, 0) is 0 Å². The fourth-order valence-electron chi connectivity index (χ4n) is 1.93. The van der Waals surface area contributed by atoms with Gasteiger partial charge in [-0.05, 0) is 30.7 Å². The van der Waals surface area contributed by atoms with E-state index in [-0.39, 0.29) is 5.95 Å². The van der Waals surface area contributed by atoms with Crippen molar-refractivity contribution in [1.29, 1.82) is 0 Å². The van der Waals surface area contributed by atoms with E-state index < -0.39 is 0 Å². The number of hydrogen-bond acceptors (Lipinski definition) is 4. The molecule has 4 heteroatoms. The summed E-state index contributed by atoms with van der Waals surface area (Å²) < 4.78 is 5.33. The summed E-state index contributed by atoms with van der Waals surface area (Å²) in [7, 11) is 0. The Morgan fingerprint density at radius 3 is 2.63 bits per heavy atom. The number of hydrogen-bond donors (Lipinski definition) is 1. The van der Waals surface area contributed by atoms with Gasteiger partial charge in [-0.15, -0.1) is 0 Å². The van der Waals surface area contributed by atoms with Crippen molar-refractivity contribution >= 4 is 0 Å². The van der Waals surface area contributed by atoms with Gasteiger partial charge in [0.2, 0.25) is 5.89 Å². The van der Waals surface area contributed by atoms with Crippen molar-refractivity contribution in [2.75, 3.05) is 0 Å². The minimum absolute atomic E-state index is 0.173. The van der Waals surface area contributed by atoms with Gasteiger partial charge < -0.3 is 9.52 Å². The van der Waals surface area contributed by atoms with E-state index in [0.717, 1.165) is 16.7 Å². The first-order chi connectivity index (χ1) is 9.25. The topological polar surface area (TPSA) is 59.2 Å². The second kappa shape index (κ2) is 4.57. The maximum atomic E-state index is 9.92. The number of pyridine rings is 1. The van der Waals surface area contributed by atoms with Gasteiger partial charge in [0.15, 0.2) is 5.69 Å². The van der Waals surface area contributed by atoms with Gasteiger partial charge in [-0.3, -0.25) is 4.98 Å². The van der Waals surface area contributed by atoms with E-state index in [1.54, 1.807) is 12.4 Å². The van der Waals surface area contributed by atoms with Crippen LogP contribution in [0, 0.1) is 6.92 Å². The molecule has 19 heavy (non-hydrogen) atoms. The number of oxazole rings is 1. The lowest BCUT2D eigenvalue weighted by Gasteiger charge is -1.99. The van der Waals surface area contributed by atoms with E-state index in [1.807, 2.05) is 43.3 Å². The van der Waals surface area contributed by atoms with Crippen LogP contribution in [0.5, 0.6) is 5.95 Å². The van der Waals surface area contributed by atoms with Gasteiger partial charge in [-0.25, -0.2) is 4.98 Å². The molecule has 4 nitrogen and oxygen atoms in total. The standard InChI is InChI=1S/C15H12N2O2/c1-10-9-16-8-7-12(10)13-15(18)19-14(17-13)11-5-3-2-4-6-11/h2-9,18H,1H3. The van der Waals surface area contributed by atoms with E-state index in [9.17, 15) is 5.11 Å². The summed E-state index contributed by atoms with van der Waals surface area (Å²) >= 11 is 0. The number of aromatic nitrogens is 2. The highest BCUT2D eigenvalue weighted by molar-refractivity contribution is 5.69. The van der Waals surface area contributed by atoms with Gasteiger partial charge in [-0.2, -0.15) is 0 Å². The molecule has 0 amide bonds. The van der Waals surface area contributed by atoms with Crippen LogP contribution in [0.1, 0.15) is 5.56 Å². The lowest BCUT2D eigenvalue weighted by atomic mass is 10.1. The first kappa shape index (κ1) is 11.5. The van der Waals surface area contributed by atoms with Gasteiger partial charge in [0.1, 0.15) is 0 Å². The molecule has 0 saturated heterocycles. The van der Waals surface area contributed by atoms with Crippen molar-refractivity contribution in [1.82, 2.24) is 9.97 Å². The maximum absolute atomic E-state index is 9.92. The van der Waals surface area contributed by atoms with E-state index in [0.29, 0.717) is 11.6 Å². The quantitative estimate of drug-likeness (QED) is 0.759. The molecule has 3 rings (SSSR count). The van der Waals surface area contributed by atoms with Gasteiger partial charge in [0.25, 0.3) is 0 Å². The summed E-state index contributed by atoms with van der Waals surface area (Å²) in [5.74, 6) is 0.234. The van der Waals surface area contributed by atoms with Gasteiger partial charge in [-0.1, -0.05) is 18.2 Å². The molecular weight excluding hydrogens is 240 g/mol. The largest absolute Gasteiger partial charge is 0.479 e. The SMILES string of the molecule is Cc1cnccc1-c1nc(-c2ccccc2)oc1O. The molecule has 2 heterocycles. The van der Waals surface area contributed by atoms with Crippen molar-refractivity contribution in [2.24, 2.45) is 0 Å². The van der Waals surface area contributed by atoms with Gasteiger partial charge in [0.05, 0.1) is 0 Å². The van der Waals surface area contributed by atoms with E-state index in [2.05, 4.69) is 9.97 Å². The van der Waals surface area contributed by atoms with Crippen molar-refractivity contribution in [2.45, 2.75) is 6.92 Å². The average molecular weight is 252 g/mol. The number of aromatic hydroxyl groups is 1. The predicted octanol–water partition coefficient (Wildman–Crippen LogP) is 3.42. The minimum atomic E-state index is -0.173. The molecule has 0 aliphatic carbocycles. The van der Waals surface area contributed by atoms with Crippen LogP contribution >= 0.6 is 0 Å². The summed E-state index contributed by atoms with van der Waals surface area (Å²) in [5, 5.41) is 9.92. The fourth-order valence-corrected chi connectivity index (χ4v) is 1.93. The van der Waals surface area contributed by atoms with Crippen molar-refractivity contribution in [3.05, 3.63) is 54.4 Å². The first-order valence-corrected chi connectivity index (χ1v) is 5.92. The smallest absolute Gasteiger partial charge is 0.311 e. The minimum Gasteiger partial charge on any atom is -0.479 e. The Kier molecular flexibility index (Phi) is 2.76. The Balaban J connectivity index is 2.11. The predicted molar refractivity (Wildman–Crippen MR) is 71.6 cm³/mol. The Bertz CT molecular complexity index is 705. The van der Waals surface area contributed by atoms with Crippen molar-refractivity contribution < 1.29 is 9.52 Å². The van der Waals surface area contributed by atoms with Crippen LogP contribution < -0.4 is 0 Å². The zero-order chi connectivity index (χ0) is 13.2. The van der Waals surface area contributed by atoms with Crippen LogP contribution in [0.4, 0.5) is 0 Å². The Labute approximate surface area is 110 Å². The van der Waals surface area contributed by atoms with Crippen molar-refractivity contribution in [3.63, 3.8) is 0 Å². The molecule has 3 aromatic rings. The summed E-state index contributed by atoms with van der Waals surface area (Å²) in [5.41, 5.74) is 3.03. The molecule has 0 spiro atoms. The third-order valence-electron chi connectivity index (χ3n) is 2.91. The molecule has 1 aromatic carbocycles. The number of benzene rings is 1. The fraction of sp³-hybridized carbons (Fsp3) is 0.0667. The van der Waals surface area contributed by atoms with Crippen LogP contribution in [0.3, 0.4) is 0 Å². The molecule has 0 aliphatic rings. The molecule has 0 unspecified atom stereocenters. The van der Waals surface area contributed by atoms with Crippen LogP contribution in [0.2, 0.25) is 0 Å². The molecule has 2 aromatic heterocycles. The van der Waals surface area contributed by atoms with E-state index in [1.165, 1.54) is 0 Å². The van der Waals surface area contributed by atoms with Crippen LogP contribution in [0.15, 0.2) is 53.2 Å². The molecule has 94 valence electrons. The zero-order valence-electron chi connectivity index (χ0n) is 10.4. The molecule has 0 bridgehead atoms. The second-order valence-corrected chi connectivity index (χ2v) is 4.23. The maximum Gasteiger partial charge on any atom is 0.311 e. The molecule has 0 aliphatic heterocycles. The second-order valence-electron chi connectivity index (χ2n) is 4.23. The number of aryl methyl sites for hydroxylation is 1. The van der Waals surface area contributed by atoms with E-state index >= 15 is 0 Å². The van der Waals surface area contributed by atoms with E-state index in [4.69, 9.17) is 4.42 Å². The normalized spacial score (nSPS) is 10.6. The third kappa shape index (κ3) is 2.08. The zero-order valence-corrected chi connectivity index (χ0v) is 10.4. The average Bonchev–Trinajstić information content (AvgIpc) is 2.82. The number of rotatable bonds is 2. The van der Waals surface area contributed by atoms with Crippen molar-refractivity contribution in [3.8, 4) is 28.7 Å². The summed E-state index contributed by atoms with van der Waals surface area (Å²) in [6.07, 6.45) is 3.39. The van der Waals surface area contributed by atoms with Crippen LogP contribution in [-0.4, -0.2) is 15.1 Å². The highest BCUT2D eigenvalue weighted by Crippen LogP contribution is 2.34. The monoisotopic (exact) mass is 252 g/mol. The lowest BCUT2D eigenvalue weighted by molar-refractivity contribution is 0.339. The highest BCUT2D eigenvalue weighted by Gasteiger charge is 2.16. The molecule has 1 N–H and O–H groups in total. The Morgan fingerprint density at radius 1 is 1.11 bits per heavy atom. The van der Waals surface area contributed by atoms with Gasteiger partial charge >= 0.3 is 5.95 Å². The molecule has 0 fully saturated rings. The number of nitrogens with zero attached hydrogens (tertiary/aromatic N) is 2. The Morgan fingerprint density at radius 2 is 1.89 bits per heavy atom. The van der Waals surface area contributed by atoms with Gasteiger partial charge in [0, 0.05) is 23.5 Å². The summed E-state index contributed by atoms with van der Waals surface area (Å²) in [6.45, 7) is 1.92. The summed E-state index contributed by atoms with van der Waals surface area (Å²) in [4.78, 5) is 8.39. The first-order valence-electron chi connectivity index (χ1n) is 5.92. The molecule has 0 atom stereocenters.